The summed E-state index contributed by atoms with van der Waals surface area (Å²) in [5, 5.41) is 7.57. The molecule has 0 atom stereocenters. The molecular formula is C48H32N2S. The van der Waals surface area contributed by atoms with E-state index in [1.165, 1.54) is 69.4 Å². The van der Waals surface area contributed by atoms with Gasteiger partial charge in [0.15, 0.2) is 0 Å². The summed E-state index contributed by atoms with van der Waals surface area (Å²) >= 11 is 1.86. The molecule has 0 spiro atoms. The Hall–Kier alpha value is -6.42. The monoisotopic (exact) mass is 668 g/mol. The first kappa shape index (κ1) is 29.5. The van der Waals surface area contributed by atoms with E-state index >= 15 is 0 Å². The van der Waals surface area contributed by atoms with Gasteiger partial charge in [0.2, 0.25) is 0 Å². The number of nitrogens with zero attached hydrogens (tertiary/aromatic N) is 2. The molecule has 0 amide bonds. The molecule has 0 fully saturated rings. The zero-order chi connectivity index (χ0) is 34.1. The molecule has 3 heterocycles. The number of hydrogen-bond acceptors (Lipinski definition) is 1. The van der Waals surface area contributed by atoms with Gasteiger partial charge in [0.05, 0.1) is 22.1 Å². The minimum atomic E-state index is 0.952. The molecule has 0 saturated heterocycles. The minimum Gasteiger partial charge on any atom is -0.309 e. The van der Waals surface area contributed by atoms with E-state index < -0.39 is 0 Å². The third-order valence-corrected chi connectivity index (χ3v) is 11.3. The molecule has 0 aliphatic carbocycles. The molecule has 7 aromatic carbocycles. The lowest BCUT2D eigenvalue weighted by molar-refractivity contribution is 1.18. The zero-order valence-corrected chi connectivity index (χ0v) is 28.7. The second-order valence-corrected chi connectivity index (χ2v) is 14.2. The smallest absolute Gasteiger partial charge is 0.0555 e. The van der Waals surface area contributed by atoms with Crippen LogP contribution in [0.4, 0.5) is 0 Å². The second kappa shape index (κ2) is 11.6. The van der Waals surface area contributed by atoms with Crippen LogP contribution < -0.4 is 0 Å². The number of benzene rings is 7. The Kier molecular flexibility index (Phi) is 6.70. The molecule has 0 N–H and O–H groups in total. The van der Waals surface area contributed by atoms with Crippen LogP contribution in [0.25, 0.3) is 91.9 Å². The lowest BCUT2D eigenvalue weighted by Gasteiger charge is -2.10. The summed E-state index contributed by atoms with van der Waals surface area (Å²) in [5.41, 5.74) is 11.4. The van der Waals surface area contributed by atoms with Crippen molar-refractivity contribution in [1.82, 2.24) is 9.13 Å². The number of rotatable bonds is 6. The van der Waals surface area contributed by atoms with Gasteiger partial charge in [-0.15, -0.1) is 11.3 Å². The molecule has 10 aromatic rings. The van der Waals surface area contributed by atoms with Crippen LogP contribution in [-0.2, 0) is 0 Å². The molecule has 2 nitrogen and oxygen atoms in total. The Labute approximate surface area is 299 Å². The standard InChI is InChI=1S/C48H32N2S/c1-3-35(26-31(2)32-14-6-4-7-15-32)49-43-20-12-10-18-37(43)39-27-41-42-28-40-38-19-11-13-21-44(38)50(46(40)30-48(42)51-47(41)29-45(39)49)36-24-22-34(23-25-36)33-16-8-5-9-17-33/h3-30H,1-2H2/b35-26+. The number of fused-ring (bicyclic) bond motifs is 9. The van der Waals surface area contributed by atoms with Gasteiger partial charge < -0.3 is 9.13 Å². The van der Waals surface area contributed by atoms with Gasteiger partial charge in [0.25, 0.3) is 0 Å². The molecule has 0 unspecified atom stereocenters. The van der Waals surface area contributed by atoms with Crippen molar-refractivity contribution in [2.24, 2.45) is 0 Å². The highest BCUT2D eigenvalue weighted by atomic mass is 32.1. The lowest BCUT2D eigenvalue weighted by Crippen LogP contribution is -1.95. The van der Waals surface area contributed by atoms with Crippen LogP contribution in [0.2, 0.25) is 0 Å². The fraction of sp³-hybridized carbons (Fsp3) is 0. The molecule has 0 bridgehead atoms. The first-order chi connectivity index (χ1) is 25.2. The molecule has 51 heavy (non-hydrogen) atoms. The molecule has 0 radical (unpaired) electrons. The van der Waals surface area contributed by atoms with Crippen LogP contribution in [0.3, 0.4) is 0 Å². The number of thiophene rings is 1. The van der Waals surface area contributed by atoms with Crippen molar-refractivity contribution in [3.05, 3.63) is 189 Å². The Bertz CT molecular complexity index is 3020. The highest BCUT2D eigenvalue weighted by molar-refractivity contribution is 7.26. The first-order valence-electron chi connectivity index (χ1n) is 17.2. The van der Waals surface area contributed by atoms with Gasteiger partial charge in [-0.3, -0.25) is 0 Å². The van der Waals surface area contributed by atoms with Crippen LogP contribution in [0, 0.1) is 0 Å². The maximum absolute atomic E-state index is 4.41. The predicted molar refractivity (Wildman–Crippen MR) is 222 cm³/mol. The maximum Gasteiger partial charge on any atom is 0.0555 e. The van der Waals surface area contributed by atoms with E-state index in [2.05, 4.69) is 180 Å². The van der Waals surface area contributed by atoms with Gasteiger partial charge in [-0.1, -0.05) is 122 Å². The summed E-state index contributed by atoms with van der Waals surface area (Å²) in [5.74, 6) is 0. The van der Waals surface area contributed by atoms with Crippen molar-refractivity contribution in [2.45, 2.75) is 0 Å². The SMILES string of the molecule is C=C/C(=C\C(=C)c1ccccc1)n1c2ccccc2c2cc3c(cc21)sc1cc2c(cc13)c1ccccc1n2-c1ccc(-c2ccccc2)cc1. The molecule has 0 aliphatic heterocycles. The van der Waals surface area contributed by atoms with E-state index in [0.717, 1.165) is 28.0 Å². The van der Waals surface area contributed by atoms with Crippen LogP contribution in [0.15, 0.2) is 183 Å². The van der Waals surface area contributed by atoms with Gasteiger partial charge in [0.1, 0.15) is 0 Å². The van der Waals surface area contributed by atoms with Crippen LogP contribution >= 0.6 is 11.3 Å². The van der Waals surface area contributed by atoms with E-state index in [9.17, 15) is 0 Å². The van der Waals surface area contributed by atoms with Crippen molar-refractivity contribution >= 4 is 86.4 Å². The van der Waals surface area contributed by atoms with Gasteiger partial charge in [-0.2, -0.15) is 0 Å². The zero-order valence-electron chi connectivity index (χ0n) is 27.9. The lowest BCUT2D eigenvalue weighted by atomic mass is 10.1. The third kappa shape index (κ3) is 4.63. The van der Waals surface area contributed by atoms with Crippen molar-refractivity contribution in [3.8, 4) is 16.8 Å². The summed E-state index contributed by atoms with van der Waals surface area (Å²) in [7, 11) is 0. The van der Waals surface area contributed by atoms with Crippen LogP contribution in [-0.4, -0.2) is 9.13 Å². The number of hydrogen-bond donors (Lipinski definition) is 0. The van der Waals surface area contributed by atoms with Crippen LogP contribution in [0.5, 0.6) is 0 Å². The number of allylic oxidation sites excluding steroid dienone is 4. The number of aromatic nitrogens is 2. The Morgan fingerprint density at radius 2 is 1.04 bits per heavy atom. The van der Waals surface area contributed by atoms with E-state index in [-0.39, 0.29) is 0 Å². The molecule has 0 saturated carbocycles. The molecule has 3 aromatic heterocycles. The van der Waals surface area contributed by atoms with Crippen molar-refractivity contribution in [1.29, 1.82) is 0 Å². The van der Waals surface area contributed by atoms with Gasteiger partial charge in [-0.25, -0.2) is 0 Å². The molecule has 0 aliphatic rings. The topological polar surface area (TPSA) is 9.86 Å². The maximum atomic E-state index is 4.41. The highest BCUT2D eigenvalue weighted by Crippen LogP contribution is 2.44. The normalized spacial score (nSPS) is 12.2. The predicted octanol–water partition coefficient (Wildman–Crippen LogP) is 13.7. The Morgan fingerprint density at radius 3 is 1.73 bits per heavy atom. The molecule has 240 valence electrons. The van der Waals surface area contributed by atoms with E-state index in [0.29, 0.717) is 0 Å². The highest BCUT2D eigenvalue weighted by Gasteiger charge is 2.19. The summed E-state index contributed by atoms with van der Waals surface area (Å²) in [4.78, 5) is 0. The van der Waals surface area contributed by atoms with Crippen molar-refractivity contribution < 1.29 is 0 Å². The van der Waals surface area contributed by atoms with Gasteiger partial charge >= 0.3 is 0 Å². The second-order valence-electron chi connectivity index (χ2n) is 13.1. The minimum absolute atomic E-state index is 0.952. The van der Waals surface area contributed by atoms with E-state index in [1.54, 1.807) is 0 Å². The first-order valence-corrected chi connectivity index (χ1v) is 18.1. The third-order valence-electron chi connectivity index (χ3n) is 10.2. The summed E-state index contributed by atoms with van der Waals surface area (Å²) in [6.45, 7) is 8.66. The molecule has 10 rings (SSSR count). The Morgan fingerprint density at radius 1 is 0.490 bits per heavy atom. The van der Waals surface area contributed by atoms with E-state index in [4.69, 9.17) is 0 Å². The van der Waals surface area contributed by atoms with E-state index in [1.807, 2.05) is 23.5 Å². The van der Waals surface area contributed by atoms with Gasteiger partial charge in [-0.05, 0) is 82.9 Å². The quantitative estimate of drug-likeness (QED) is 0.156. The summed E-state index contributed by atoms with van der Waals surface area (Å²) in [6.07, 6.45) is 4.09. The largest absolute Gasteiger partial charge is 0.309 e. The average Bonchev–Trinajstić information content (AvgIpc) is 3.82. The molecular weight excluding hydrogens is 637 g/mol. The Balaban J connectivity index is 1.19. The fourth-order valence-electron chi connectivity index (χ4n) is 7.82. The fourth-order valence-corrected chi connectivity index (χ4v) is 8.95. The van der Waals surface area contributed by atoms with Crippen LogP contribution in [0.1, 0.15) is 5.56 Å². The van der Waals surface area contributed by atoms with Crippen molar-refractivity contribution in [3.63, 3.8) is 0 Å². The van der Waals surface area contributed by atoms with Gasteiger partial charge in [0, 0.05) is 53.1 Å². The summed E-state index contributed by atoms with van der Waals surface area (Å²) < 4.78 is 7.31. The number of para-hydroxylation sites is 2. The molecule has 3 heteroatoms. The summed E-state index contributed by atoms with van der Waals surface area (Å²) in [6, 6.07) is 56.9. The van der Waals surface area contributed by atoms with Crippen molar-refractivity contribution in [2.75, 3.05) is 0 Å². The average molecular weight is 669 g/mol.